The van der Waals surface area contributed by atoms with Gasteiger partial charge in [-0.1, -0.05) is 30.3 Å². The molecular weight excluding hydrogens is 300 g/mol. The van der Waals surface area contributed by atoms with Crippen molar-refractivity contribution in [2.45, 2.75) is 12.1 Å². The van der Waals surface area contributed by atoms with Crippen molar-refractivity contribution in [1.82, 2.24) is 9.88 Å². The van der Waals surface area contributed by atoms with E-state index in [4.69, 9.17) is 10.00 Å². The fourth-order valence-electron chi connectivity index (χ4n) is 3.65. The molecule has 24 heavy (non-hydrogen) atoms. The SMILES string of the molecule is N#Cc1ccc(N2CCN3[C@@H](COC[C@@H]3c3ccccc3)C2)nc1. The summed E-state index contributed by atoms with van der Waals surface area (Å²) >= 11 is 0. The topological polar surface area (TPSA) is 52.4 Å². The average Bonchev–Trinajstić information content (AvgIpc) is 2.68. The minimum Gasteiger partial charge on any atom is -0.378 e. The molecular formula is C19H20N4O. The maximum atomic E-state index is 8.90. The summed E-state index contributed by atoms with van der Waals surface area (Å²) in [7, 11) is 0. The van der Waals surface area contributed by atoms with Crippen molar-refractivity contribution in [3.63, 3.8) is 0 Å². The highest BCUT2D eigenvalue weighted by Gasteiger charge is 2.36. The lowest BCUT2D eigenvalue weighted by molar-refractivity contribution is -0.0548. The van der Waals surface area contributed by atoms with E-state index in [2.05, 4.69) is 51.2 Å². The number of nitrogens with zero attached hydrogens (tertiary/aromatic N) is 4. The molecule has 5 nitrogen and oxygen atoms in total. The Hall–Kier alpha value is -2.42. The van der Waals surface area contributed by atoms with Crippen LogP contribution >= 0.6 is 0 Å². The van der Waals surface area contributed by atoms with Gasteiger partial charge >= 0.3 is 0 Å². The molecule has 2 aliphatic heterocycles. The largest absolute Gasteiger partial charge is 0.378 e. The van der Waals surface area contributed by atoms with E-state index in [1.165, 1.54) is 5.56 Å². The maximum Gasteiger partial charge on any atom is 0.128 e. The van der Waals surface area contributed by atoms with Crippen LogP contribution in [0.5, 0.6) is 0 Å². The summed E-state index contributed by atoms with van der Waals surface area (Å²) in [4.78, 5) is 9.29. The Kier molecular flexibility index (Phi) is 4.16. The lowest BCUT2D eigenvalue weighted by Crippen LogP contribution is -2.59. The molecule has 0 radical (unpaired) electrons. The molecule has 0 N–H and O–H groups in total. The van der Waals surface area contributed by atoms with Crippen LogP contribution in [-0.4, -0.2) is 48.8 Å². The first-order chi connectivity index (χ1) is 11.8. The molecule has 2 saturated heterocycles. The molecule has 2 atom stereocenters. The summed E-state index contributed by atoms with van der Waals surface area (Å²) < 4.78 is 5.89. The van der Waals surface area contributed by atoms with Crippen LogP contribution in [0.2, 0.25) is 0 Å². The zero-order chi connectivity index (χ0) is 16.4. The molecule has 1 aromatic carbocycles. The number of pyridine rings is 1. The van der Waals surface area contributed by atoms with Gasteiger partial charge in [-0.05, 0) is 17.7 Å². The minimum atomic E-state index is 0.334. The Morgan fingerprint density at radius 2 is 1.96 bits per heavy atom. The minimum absolute atomic E-state index is 0.334. The van der Waals surface area contributed by atoms with Crippen molar-refractivity contribution in [2.75, 3.05) is 37.7 Å². The van der Waals surface area contributed by atoms with E-state index < -0.39 is 0 Å². The van der Waals surface area contributed by atoms with Crippen molar-refractivity contribution < 1.29 is 4.74 Å². The number of rotatable bonds is 2. The van der Waals surface area contributed by atoms with Gasteiger partial charge in [0, 0.05) is 25.8 Å². The third kappa shape index (κ3) is 2.86. The molecule has 122 valence electrons. The molecule has 3 heterocycles. The highest BCUT2D eigenvalue weighted by molar-refractivity contribution is 5.42. The first-order valence-corrected chi connectivity index (χ1v) is 8.34. The molecule has 0 amide bonds. The number of hydrogen-bond donors (Lipinski definition) is 0. The lowest BCUT2D eigenvalue weighted by atomic mass is 10.00. The molecule has 0 aliphatic carbocycles. The van der Waals surface area contributed by atoms with E-state index in [-0.39, 0.29) is 0 Å². The first kappa shape index (κ1) is 15.1. The van der Waals surface area contributed by atoms with Crippen LogP contribution in [0.15, 0.2) is 48.7 Å². The second kappa shape index (κ2) is 6.60. The van der Waals surface area contributed by atoms with Gasteiger partial charge in [0.15, 0.2) is 0 Å². The molecule has 0 spiro atoms. The van der Waals surface area contributed by atoms with Crippen molar-refractivity contribution in [3.05, 3.63) is 59.8 Å². The number of morpholine rings is 1. The molecule has 5 heteroatoms. The fraction of sp³-hybridized carbons (Fsp3) is 0.368. The Balaban J connectivity index is 1.50. The zero-order valence-corrected chi connectivity index (χ0v) is 13.5. The number of piperazine rings is 1. The predicted octanol–water partition coefficient (Wildman–Crippen LogP) is 2.22. The van der Waals surface area contributed by atoms with Gasteiger partial charge in [0.25, 0.3) is 0 Å². The molecule has 2 aliphatic rings. The normalized spacial score (nSPS) is 24.2. The summed E-state index contributed by atoms with van der Waals surface area (Å²) in [5.74, 6) is 0.940. The van der Waals surface area contributed by atoms with Gasteiger partial charge in [-0.3, -0.25) is 4.90 Å². The van der Waals surface area contributed by atoms with Crippen LogP contribution in [0, 0.1) is 11.3 Å². The summed E-state index contributed by atoms with van der Waals surface area (Å²) in [5, 5.41) is 8.90. The van der Waals surface area contributed by atoms with Crippen LogP contribution in [0.3, 0.4) is 0 Å². The number of hydrogen-bond acceptors (Lipinski definition) is 5. The third-order valence-corrected chi connectivity index (χ3v) is 4.90. The van der Waals surface area contributed by atoms with E-state index in [0.717, 1.165) is 38.7 Å². The monoisotopic (exact) mass is 320 g/mol. The Morgan fingerprint density at radius 1 is 1.08 bits per heavy atom. The van der Waals surface area contributed by atoms with Gasteiger partial charge in [-0.25, -0.2) is 4.98 Å². The molecule has 4 rings (SSSR count). The van der Waals surface area contributed by atoms with Crippen LogP contribution in [0.4, 0.5) is 5.82 Å². The van der Waals surface area contributed by atoms with Crippen LogP contribution in [-0.2, 0) is 4.74 Å². The van der Waals surface area contributed by atoms with Gasteiger partial charge in [0.1, 0.15) is 11.9 Å². The van der Waals surface area contributed by atoms with Gasteiger partial charge in [-0.2, -0.15) is 5.26 Å². The summed E-state index contributed by atoms with van der Waals surface area (Å²) in [6, 6.07) is 17.2. The van der Waals surface area contributed by atoms with E-state index >= 15 is 0 Å². The van der Waals surface area contributed by atoms with Crippen LogP contribution in [0.1, 0.15) is 17.2 Å². The lowest BCUT2D eigenvalue weighted by Gasteiger charge is -2.48. The highest BCUT2D eigenvalue weighted by atomic mass is 16.5. The quantitative estimate of drug-likeness (QED) is 0.849. The second-order valence-electron chi connectivity index (χ2n) is 6.32. The van der Waals surface area contributed by atoms with E-state index in [1.54, 1.807) is 6.20 Å². The molecule has 0 bridgehead atoms. The number of fused-ring (bicyclic) bond motifs is 1. The smallest absolute Gasteiger partial charge is 0.128 e. The first-order valence-electron chi connectivity index (χ1n) is 8.34. The number of anilines is 1. The Labute approximate surface area is 142 Å². The maximum absolute atomic E-state index is 8.90. The molecule has 0 saturated carbocycles. The number of nitriles is 1. The molecule has 0 unspecified atom stereocenters. The number of benzene rings is 1. The van der Waals surface area contributed by atoms with Gasteiger partial charge < -0.3 is 9.64 Å². The molecule has 1 aromatic heterocycles. The Bertz CT molecular complexity index is 725. The van der Waals surface area contributed by atoms with Crippen molar-refractivity contribution in [2.24, 2.45) is 0 Å². The average molecular weight is 320 g/mol. The number of ether oxygens (including phenoxy) is 1. The highest BCUT2D eigenvalue weighted by Crippen LogP contribution is 2.30. The summed E-state index contributed by atoms with van der Waals surface area (Å²) in [5.41, 5.74) is 1.93. The van der Waals surface area contributed by atoms with Gasteiger partial charge in [0.2, 0.25) is 0 Å². The second-order valence-corrected chi connectivity index (χ2v) is 6.32. The van der Waals surface area contributed by atoms with Crippen molar-refractivity contribution in [1.29, 1.82) is 5.26 Å². The van der Waals surface area contributed by atoms with E-state index in [1.807, 2.05) is 12.1 Å². The number of aromatic nitrogens is 1. The van der Waals surface area contributed by atoms with Crippen LogP contribution < -0.4 is 4.90 Å². The molecule has 2 fully saturated rings. The van der Waals surface area contributed by atoms with Gasteiger partial charge in [0.05, 0.1) is 30.9 Å². The standard InChI is InChI=1S/C19H20N4O/c20-10-15-6-7-19(21-11-15)22-8-9-23-17(12-22)13-24-14-18(23)16-4-2-1-3-5-16/h1-7,11,17-18H,8-9,12-14H2/t17-,18-/m1/s1. The third-order valence-electron chi connectivity index (χ3n) is 4.90. The van der Waals surface area contributed by atoms with Gasteiger partial charge in [-0.15, -0.1) is 0 Å². The summed E-state index contributed by atoms with van der Waals surface area (Å²) in [6.07, 6.45) is 1.64. The Morgan fingerprint density at radius 3 is 2.71 bits per heavy atom. The predicted molar refractivity (Wildman–Crippen MR) is 91.7 cm³/mol. The zero-order valence-electron chi connectivity index (χ0n) is 13.5. The van der Waals surface area contributed by atoms with Crippen LogP contribution in [0.25, 0.3) is 0 Å². The summed E-state index contributed by atoms with van der Waals surface area (Å²) in [6.45, 7) is 4.36. The van der Waals surface area contributed by atoms with Crippen molar-refractivity contribution >= 4 is 5.82 Å². The van der Waals surface area contributed by atoms with Crippen molar-refractivity contribution in [3.8, 4) is 6.07 Å². The van der Waals surface area contributed by atoms with E-state index in [9.17, 15) is 0 Å². The fourth-order valence-corrected chi connectivity index (χ4v) is 3.65. The molecule has 2 aromatic rings. The van der Waals surface area contributed by atoms with E-state index in [0.29, 0.717) is 17.6 Å².